The van der Waals surface area contributed by atoms with Crippen molar-refractivity contribution in [2.75, 3.05) is 19.0 Å². The molecule has 0 saturated heterocycles. The Kier molecular flexibility index (Phi) is 6.10. The molecule has 0 spiro atoms. The van der Waals surface area contributed by atoms with Gasteiger partial charge in [0.1, 0.15) is 18.0 Å². The zero-order valence-corrected chi connectivity index (χ0v) is 18.1. The monoisotopic (exact) mass is 443 g/mol. The highest BCUT2D eigenvalue weighted by Gasteiger charge is 2.17. The van der Waals surface area contributed by atoms with Crippen LogP contribution in [0.5, 0.6) is 11.5 Å². The molecule has 0 radical (unpaired) electrons. The number of nitrogens with one attached hydrogen (secondary N) is 1. The predicted molar refractivity (Wildman–Crippen MR) is 119 cm³/mol. The fourth-order valence-electron chi connectivity index (χ4n) is 3.16. The van der Waals surface area contributed by atoms with Crippen LogP contribution in [0.2, 0.25) is 0 Å². The van der Waals surface area contributed by atoms with Gasteiger partial charge < -0.3 is 14.8 Å². The number of fused-ring (bicyclic) bond motifs is 2. The lowest BCUT2D eigenvalue weighted by Crippen LogP contribution is -2.29. The Morgan fingerprint density at radius 2 is 2.17 bits per heavy atom. The lowest BCUT2D eigenvalue weighted by Gasteiger charge is -2.21. The van der Waals surface area contributed by atoms with Gasteiger partial charge in [0.2, 0.25) is 5.91 Å². The molecular weight excluding hydrogens is 422 g/mol. The van der Waals surface area contributed by atoms with Crippen LogP contribution >= 0.6 is 23.1 Å². The molecule has 9 heteroatoms. The third-order valence-electron chi connectivity index (χ3n) is 4.64. The third kappa shape index (κ3) is 4.22. The number of nitrogens with zero attached hydrogens (tertiary/aromatic N) is 2. The maximum Gasteiger partial charge on any atom is 0.263 e. The number of carbonyl (C=O) groups excluding carboxylic acids is 1. The fourth-order valence-corrected chi connectivity index (χ4v) is 4.78. The topological polar surface area (TPSA) is 82.5 Å². The SMILES string of the molecule is C=CCn1c(SCC(=O)NC(C)c2ccc3c(c2)OCCO3)nc2sccc2c1=O. The van der Waals surface area contributed by atoms with E-state index < -0.39 is 0 Å². The van der Waals surface area contributed by atoms with Crippen LogP contribution in [0, 0.1) is 0 Å². The van der Waals surface area contributed by atoms with Gasteiger partial charge in [-0.3, -0.25) is 14.2 Å². The van der Waals surface area contributed by atoms with E-state index in [9.17, 15) is 9.59 Å². The van der Waals surface area contributed by atoms with Crippen molar-refractivity contribution in [3.05, 3.63) is 58.2 Å². The van der Waals surface area contributed by atoms with E-state index in [1.54, 1.807) is 16.7 Å². The number of thioether (sulfide) groups is 1. The van der Waals surface area contributed by atoms with Gasteiger partial charge in [0.15, 0.2) is 16.7 Å². The van der Waals surface area contributed by atoms with Gasteiger partial charge in [-0.1, -0.05) is 23.9 Å². The summed E-state index contributed by atoms with van der Waals surface area (Å²) in [4.78, 5) is 30.4. The molecule has 1 aliphatic heterocycles. The average molecular weight is 444 g/mol. The Morgan fingerprint density at radius 1 is 1.37 bits per heavy atom. The van der Waals surface area contributed by atoms with Gasteiger partial charge in [-0.05, 0) is 36.1 Å². The highest BCUT2D eigenvalue weighted by molar-refractivity contribution is 7.99. The van der Waals surface area contributed by atoms with E-state index in [0.29, 0.717) is 46.6 Å². The summed E-state index contributed by atoms with van der Waals surface area (Å²) in [5.41, 5.74) is 0.813. The molecule has 1 amide bonds. The minimum absolute atomic E-state index is 0.117. The summed E-state index contributed by atoms with van der Waals surface area (Å²) in [7, 11) is 0. The van der Waals surface area contributed by atoms with Crippen LogP contribution in [-0.4, -0.2) is 34.4 Å². The summed E-state index contributed by atoms with van der Waals surface area (Å²) in [6.45, 7) is 7.02. The first kappa shape index (κ1) is 20.5. The van der Waals surface area contributed by atoms with E-state index in [1.807, 2.05) is 30.5 Å². The largest absolute Gasteiger partial charge is 0.486 e. The average Bonchev–Trinajstić information content (AvgIpc) is 3.23. The number of allylic oxidation sites excluding steroid dienone is 1. The number of ether oxygens (including phenoxy) is 2. The molecule has 3 aromatic rings. The van der Waals surface area contributed by atoms with Crippen molar-refractivity contribution in [1.82, 2.24) is 14.9 Å². The zero-order valence-electron chi connectivity index (χ0n) is 16.4. The van der Waals surface area contributed by atoms with Crippen LogP contribution in [0.4, 0.5) is 0 Å². The highest BCUT2D eigenvalue weighted by atomic mass is 32.2. The normalized spacial score (nSPS) is 13.8. The van der Waals surface area contributed by atoms with Crippen molar-refractivity contribution in [2.24, 2.45) is 0 Å². The maximum absolute atomic E-state index is 12.7. The molecule has 0 bridgehead atoms. The first-order chi connectivity index (χ1) is 14.6. The number of rotatable bonds is 7. The number of thiophene rings is 1. The standard InChI is InChI=1S/C21H21N3O4S2/c1-3-7-24-20(26)15-6-10-29-19(15)23-21(24)30-12-18(25)22-13(2)14-4-5-16-17(11-14)28-9-8-27-16/h3-6,10-11,13H,1,7-9,12H2,2H3,(H,22,25). The summed E-state index contributed by atoms with van der Waals surface area (Å²) in [6, 6.07) is 7.23. The molecular formula is C21H21N3O4S2. The first-order valence-electron chi connectivity index (χ1n) is 9.47. The summed E-state index contributed by atoms with van der Waals surface area (Å²) >= 11 is 2.65. The van der Waals surface area contributed by atoms with Crippen LogP contribution in [-0.2, 0) is 11.3 Å². The Labute approximate surface area is 181 Å². The smallest absolute Gasteiger partial charge is 0.263 e. The second kappa shape index (κ2) is 8.93. The first-order valence-corrected chi connectivity index (χ1v) is 11.3. The second-order valence-corrected chi connectivity index (χ2v) is 8.56. The van der Waals surface area contributed by atoms with Gasteiger partial charge >= 0.3 is 0 Å². The van der Waals surface area contributed by atoms with E-state index in [2.05, 4.69) is 16.9 Å². The summed E-state index contributed by atoms with van der Waals surface area (Å²) in [5, 5.41) is 5.92. The van der Waals surface area contributed by atoms with Crippen molar-refractivity contribution < 1.29 is 14.3 Å². The molecule has 1 aliphatic rings. The zero-order chi connectivity index (χ0) is 21.1. The molecule has 1 atom stereocenters. The van der Waals surface area contributed by atoms with Crippen molar-refractivity contribution in [2.45, 2.75) is 24.7 Å². The predicted octanol–water partition coefficient (Wildman–Crippen LogP) is 3.38. The van der Waals surface area contributed by atoms with E-state index in [1.165, 1.54) is 23.1 Å². The Balaban J connectivity index is 1.44. The van der Waals surface area contributed by atoms with E-state index in [0.717, 1.165) is 5.56 Å². The van der Waals surface area contributed by atoms with Gasteiger partial charge in [-0.15, -0.1) is 17.9 Å². The summed E-state index contributed by atoms with van der Waals surface area (Å²) in [6.07, 6.45) is 1.65. The Hall–Kier alpha value is -2.78. The van der Waals surface area contributed by atoms with Gasteiger partial charge in [-0.2, -0.15) is 0 Å². The molecule has 0 aliphatic carbocycles. The molecule has 0 fully saturated rings. The van der Waals surface area contributed by atoms with Crippen LogP contribution < -0.4 is 20.3 Å². The van der Waals surface area contributed by atoms with Crippen LogP contribution in [0.25, 0.3) is 10.2 Å². The van der Waals surface area contributed by atoms with Gasteiger partial charge in [0.05, 0.1) is 17.2 Å². The van der Waals surface area contributed by atoms with Gasteiger partial charge in [-0.25, -0.2) is 4.98 Å². The minimum Gasteiger partial charge on any atom is -0.486 e. The third-order valence-corrected chi connectivity index (χ3v) is 6.42. The van der Waals surface area contributed by atoms with Gasteiger partial charge in [0, 0.05) is 6.54 Å². The number of carbonyl (C=O) groups is 1. The Bertz CT molecular complexity index is 1150. The molecule has 2 aromatic heterocycles. The lowest BCUT2D eigenvalue weighted by molar-refractivity contribution is -0.119. The molecule has 4 rings (SSSR count). The second-order valence-electron chi connectivity index (χ2n) is 6.72. The van der Waals surface area contributed by atoms with Crippen LogP contribution in [0.15, 0.2) is 52.3 Å². The Morgan fingerprint density at radius 3 is 2.97 bits per heavy atom. The quantitative estimate of drug-likeness (QED) is 0.342. The number of amides is 1. The van der Waals surface area contributed by atoms with E-state index in [-0.39, 0.29) is 23.3 Å². The van der Waals surface area contributed by atoms with Crippen molar-refractivity contribution in [1.29, 1.82) is 0 Å². The molecule has 1 N–H and O–H groups in total. The number of hydrogen-bond donors (Lipinski definition) is 1. The lowest BCUT2D eigenvalue weighted by atomic mass is 10.1. The highest BCUT2D eigenvalue weighted by Crippen LogP contribution is 2.32. The van der Waals surface area contributed by atoms with Crippen molar-refractivity contribution in [3.8, 4) is 11.5 Å². The number of aromatic nitrogens is 2. The molecule has 30 heavy (non-hydrogen) atoms. The molecule has 156 valence electrons. The summed E-state index contributed by atoms with van der Waals surface area (Å²) in [5.74, 6) is 1.41. The molecule has 3 heterocycles. The van der Waals surface area contributed by atoms with E-state index >= 15 is 0 Å². The number of hydrogen-bond acceptors (Lipinski definition) is 7. The maximum atomic E-state index is 12.7. The summed E-state index contributed by atoms with van der Waals surface area (Å²) < 4.78 is 12.7. The van der Waals surface area contributed by atoms with Crippen LogP contribution in [0.3, 0.4) is 0 Å². The molecule has 0 saturated carbocycles. The number of benzene rings is 1. The van der Waals surface area contributed by atoms with E-state index in [4.69, 9.17) is 9.47 Å². The van der Waals surface area contributed by atoms with Crippen LogP contribution in [0.1, 0.15) is 18.5 Å². The molecule has 1 aromatic carbocycles. The van der Waals surface area contributed by atoms with Crippen molar-refractivity contribution >= 4 is 39.2 Å². The fraction of sp³-hybridized carbons (Fsp3) is 0.286. The molecule has 1 unspecified atom stereocenters. The minimum atomic E-state index is -0.197. The van der Waals surface area contributed by atoms with Gasteiger partial charge in [0.25, 0.3) is 5.56 Å². The van der Waals surface area contributed by atoms with Crippen molar-refractivity contribution in [3.63, 3.8) is 0 Å². The molecule has 7 nitrogen and oxygen atoms in total.